The molecule has 112 valence electrons. The number of anilines is 1. The third kappa shape index (κ3) is 3.96. The van der Waals surface area contributed by atoms with Gasteiger partial charge in [0.25, 0.3) is 0 Å². The van der Waals surface area contributed by atoms with Gasteiger partial charge < -0.3 is 5.32 Å². The Morgan fingerprint density at radius 3 is 2.76 bits per heavy atom. The summed E-state index contributed by atoms with van der Waals surface area (Å²) in [5.74, 6) is 0.872. The van der Waals surface area contributed by atoms with E-state index in [0.29, 0.717) is 16.0 Å². The minimum atomic E-state index is -3.70. The highest BCUT2D eigenvalue weighted by Crippen LogP contribution is 2.22. The van der Waals surface area contributed by atoms with E-state index >= 15 is 0 Å². The molecule has 0 aliphatic carbocycles. The standard InChI is InChI=1S/C12H14BrN5O2S/c1-8-15-4-3-10(18-8)7-17-21(19,20)11-5-9(13)6-16-12(11)14-2/h3-6,17H,7H2,1-2H3,(H,14,16). The molecule has 0 spiro atoms. The van der Waals surface area contributed by atoms with E-state index in [1.807, 2.05) is 0 Å². The third-order valence-electron chi connectivity index (χ3n) is 2.62. The van der Waals surface area contributed by atoms with Crippen LogP contribution in [0.1, 0.15) is 11.5 Å². The van der Waals surface area contributed by atoms with Crippen LogP contribution in [0.5, 0.6) is 0 Å². The summed E-state index contributed by atoms with van der Waals surface area (Å²) in [5, 5.41) is 2.76. The molecule has 0 bridgehead atoms. The predicted molar refractivity (Wildman–Crippen MR) is 82.3 cm³/mol. The zero-order chi connectivity index (χ0) is 15.5. The number of aromatic nitrogens is 3. The number of nitrogens with zero attached hydrogens (tertiary/aromatic N) is 3. The number of rotatable bonds is 5. The van der Waals surface area contributed by atoms with Gasteiger partial charge in [-0.2, -0.15) is 0 Å². The lowest BCUT2D eigenvalue weighted by Crippen LogP contribution is -2.25. The van der Waals surface area contributed by atoms with E-state index in [0.717, 1.165) is 0 Å². The number of hydrogen-bond donors (Lipinski definition) is 2. The second kappa shape index (κ2) is 6.46. The molecule has 0 aliphatic heterocycles. The summed E-state index contributed by atoms with van der Waals surface area (Å²) in [5.41, 5.74) is 0.597. The Balaban J connectivity index is 2.24. The Morgan fingerprint density at radius 1 is 1.33 bits per heavy atom. The highest BCUT2D eigenvalue weighted by molar-refractivity contribution is 9.10. The average Bonchev–Trinajstić information content (AvgIpc) is 2.45. The maximum absolute atomic E-state index is 12.4. The van der Waals surface area contributed by atoms with Crippen LogP contribution in [0.2, 0.25) is 0 Å². The average molecular weight is 372 g/mol. The number of nitrogens with one attached hydrogen (secondary N) is 2. The molecule has 2 aromatic rings. The van der Waals surface area contributed by atoms with E-state index in [-0.39, 0.29) is 17.3 Å². The summed E-state index contributed by atoms with van der Waals surface area (Å²) in [4.78, 5) is 12.2. The summed E-state index contributed by atoms with van der Waals surface area (Å²) in [6.07, 6.45) is 3.12. The smallest absolute Gasteiger partial charge is 0.244 e. The molecule has 0 unspecified atom stereocenters. The predicted octanol–water partition coefficient (Wildman–Crippen LogP) is 1.46. The van der Waals surface area contributed by atoms with Gasteiger partial charge in [0.1, 0.15) is 16.5 Å². The van der Waals surface area contributed by atoms with Crippen LogP contribution < -0.4 is 10.0 Å². The van der Waals surface area contributed by atoms with Crippen molar-refractivity contribution in [1.82, 2.24) is 19.7 Å². The molecule has 0 fully saturated rings. The Kier molecular flexibility index (Phi) is 4.86. The van der Waals surface area contributed by atoms with Gasteiger partial charge in [-0.15, -0.1) is 0 Å². The second-order valence-corrected chi connectivity index (χ2v) is 6.82. The van der Waals surface area contributed by atoms with Crippen molar-refractivity contribution in [3.63, 3.8) is 0 Å². The Bertz CT molecular complexity index is 751. The number of sulfonamides is 1. The first-order valence-electron chi connectivity index (χ1n) is 6.04. The molecular formula is C12H14BrN5O2S. The lowest BCUT2D eigenvalue weighted by Gasteiger charge is -2.10. The van der Waals surface area contributed by atoms with E-state index < -0.39 is 10.0 Å². The van der Waals surface area contributed by atoms with Crippen LogP contribution in [-0.4, -0.2) is 30.4 Å². The summed E-state index contributed by atoms with van der Waals surface area (Å²) in [6, 6.07) is 3.15. The van der Waals surface area contributed by atoms with Crippen molar-refractivity contribution >= 4 is 31.8 Å². The van der Waals surface area contributed by atoms with E-state index in [4.69, 9.17) is 0 Å². The first-order chi connectivity index (χ1) is 9.92. The Labute approximate surface area is 131 Å². The minimum Gasteiger partial charge on any atom is -0.372 e. The van der Waals surface area contributed by atoms with Crippen LogP contribution in [0.15, 0.2) is 33.9 Å². The van der Waals surface area contributed by atoms with Gasteiger partial charge in [0.05, 0.1) is 12.2 Å². The summed E-state index contributed by atoms with van der Waals surface area (Å²) in [7, 11) is -2.09. The number of pyridine rings is 1. The van der Waals surface area contributed by atoms with Crippen LogP contribution >= 0.6 is 15.9 Å². The van der Waals surface area contributed by atoms with Crippen LogP contribution in [0.25, 0.3) is 0 Å². The van der Waals surface area contributed by atoms with E-state index in [1.165, 1.54) is 12.3 Å². The molecule has 0 saturated carbocycles. The molecule has 2 heterocycles. The molecule has 7 nitrogen and oxygen atoms in total. The summed E-state index contributed by atoms with van der Waals surface area (Å²) in [6.45, 7) is 1.83. The fourth-order valence-corrected chi connectivity index (χ4v) is 3.33. The molecule has 0 atom stereocenters. The SMILES string of the molecule is CNc1ncc(Br)cc1S(=O)(=O)NCc1ccnc(C)n1. The molecule has 2 N–H and O–H groups in total. The summed E-state index contributed by atoms with van der Waals surface area (Å²) >= 11 is 3.22. The molecule has 0 amide bonds. The van der Waals surface area contributed by atoms with E-state index in [9.17, 15) is 8.42 Å². The second-order valence-electron chi connectivity index (χ2n) is 4.17. The van der Waals surface area contributed by atoms with Gasteiger partial charge in [-0.3, -0.25) is 0 Å². The fraction of sp³-hybridized carbons (Fsp3) is 0.250. The van der Waals surface area contributed by atoms with E-state index in [1.54, 1.807) is 26.2 Å². The van der Waals surface area contributed by atoms with Gasteiger partial charge in [0, 0.05) is 23.9 Å². The zero-order valence-electron chi connectivity index (χ0n) is 11.5. The first-order valence-corrected chi connectivity index (χ1v) is 8.31. The summed E-state index contributed by atoms with van der Waals surface area (Å²) < 4.78 is 27.8. The molecule has 0 saturated heterocycles. The Hall–Kier alpha value is -1.58. The largest absolute Gasteiger partial charge is 0.372 e. The zero-order valence-corrected chi connectivity index (χ0v) is 13.9. The van der Waals surface area contributed by atoms with Crippen LogP contribution in [0.4, 0.5) is 5.82 Å². The quantitative estimate of drug-likeness (QED) is 0.825. The molecule has 9 heteroatoms. The third-order valence-corrected chi connectivity index (χ3v) is 4.47. The Morgan fingerprint density at radius 2 is 2.10 bits per heavy atom. The molecule has 2 aromatic heterocycles. The maximum atomic E-state index is 12.4. The minimum absolute atomic E-state index is 0.0742. The monoisotopic (exact) mass is 371 g/mol. The molecule has 0 aromatic carbocycles. The topological polar surface area (TPSA) is 96.9 Å². The number of aryl methyl sites for hydroxylation is 1. The van der Waals surface area contributed by atoms with Gasteiger partial charge >= 0.3 is 0 Å². The van der Waals surface area contributed by atoms with Crippen molar-refractivity contribution in [2.45, 2.75) is 18.4 Å². The highest BCUT2D eigenvalue weighted by Gasteiger charge is 2.19. The van der Waals surface area contributed by atoms with Crippen LogP contribution in [-0.2, 0) is 16.6 Å². The highest BCUT2D eigenvalue weighted by atomic mass is 79.9. The van der Waals surface area contributed by atoms with Crippen molar-refractivity contribution in [1.29, 1.82) is 0 Å². The molecule has 0 aliphatic rings. The van der Waals surface area contributed by atoms with Gasteiger partial charge in [-0.25, -0.2) is 28.1 Å². The van der Waals surface area contributed by atoms with Crippen molar-refractivity contribution in [2.75, 3.05) is 12.4 Å². The molecule has 0 radical (unpaired) electrons. The fourth-order valence-electron chi connectivity index (χ4n) is 1.66. The van der Waals surface area contributed by atoms with Crippen molar-refractivity contribution in [3.8, 4) is 0 Å². The molecule has 2 rings (SSSR count). The van der Waals surface area contributed by atoms with E-state index in [2.05, 4.69) is 40.9 Å². The molecule has 21 heavy (non-hydrogen) atoms. The normalized spacial score (nSPS) is 11.4. The van der Waals surface area contributed by atoms with Crippen LogP contribution in [0, 0.1) is 6.92 Å². The van der Waals surface area contributed by atoms with Crippen molar-refractivity contribution < 1.29 is 8.42 Å². The van der Waals surface area contributed by atoms with Gasteiger partial charge in [-0.05, 0) is 35.0 Å². The number of hydrogen-bond acceptors (Lipinski definition) is 6. The van der Waals surface area contributed by atoms with Gasteiger partial charge in [0.2, 0.25) is 10.0 Å². The van der Waals surface area contributed by atoms with Crippen molar-refractivity contribution in [3.05, 3.63) is 40.5 Å². The van der Waals surface area contributed by atoms with Crippen molar-refractivity contribution in [2.24, 2.45) is 0 Å². The molecular weight excluding hydrogens is 358 g/mol. The van der Waals surface area contributed by atoms with Crippen LogP contribution in [0.3, 0.4) is 0 Å². The maximum Gasteiger partial charge on any atom is 0.244 e. The lowest BCUT2D eigenvalue weighted by molar-refractivity contribution is 0.580. The number of halogens is 1. The van der Waals surface area contributed by atoms with Gasteiger partial charge in [0.15, 0.2) is 0 Å². The van der Waals surface area contributed by atoms with Gasteiger partial charge in [-0.1, -0.05) is 0 Å². The lowest BCUT2D eigenvalue weighted by atomic mass is 10.4. The first kappa shape index (κ1) is 15.8.